The van der Waals surface area contributed by atoms with Crippen molar-refractivity contribution >= 4 is 8.07 Å². The first-order valence-corrected chi connectivity index (χ1v) is 8.32. The Morgan fingerprint density at radius 2 is 2.08 bits per heavy atom. The molecule has 1 heterocycles. The molecule has 0 saturated carbocycles. The molecule has 0 radical (unpaired) electrons. The van der Waals surface area contributed by atoms with Gasteiger partial charge in [-0.05, 0) is 12.1 Å². The fourth-order valence-corrected chi connectivity index (χ4v) is 1.61. The van der Waals surface area contributed by atoms with Gasteiger partial charge in [0.05, 0.1) is 6.61 Å². The van der Waals surface area contributed by atoms with Gasteiger partial charge in [0, 0.05) is 20.3 Å². The first kappa shape index (κ1) is 10.2. The average molecular weight is 195 g/mol. The van der Waals surface area contributed by atoms with Gasteiger partial charge in [0.1, 0.15) is 0 Å². The van der Waals surface area contributed by atoms with Crippen molar-refractivity contribution in [3.05, 3.63) is 24.4 Å². The van der Waals surface area contributed by atoms with Gasteiger partial charge in [-0.25, -0.2) is 4.98 Å². The van der Waals surface area contributed by atoms with Crippen LogP contribution in [-0.2, 0) is 0 Å². The van der Waals surface area contributed by atoms with Crippen LogP contribution in [0.5, 0.6) is 5.88 Å². The molecule has 72 valence electrons. The van der Waals surface area contributed by atoms with Gasteiger partial charge in [-0.15, -0.1) is 0 Å². The fraction of sp³-hybridized carbons (Fsp3) is 0.500. The molecule has 0 bridgehead atoms. The number of hydrogen-bond acceptors (Lipinski definition) is 2. The van der Waals surface area contributed by atoms with E-state index in [1.165, 1.54) is 6.04 Å². The van der Waals surface area contributed by atoms with Gasteiger partial charge in [0.25, 0.3) is 0 Å². The van der Waals surface area contributed by atoms with Crippen molar-refractivity contribution < 1.29 is 4.74 Å². The molecule has 0 aliphatic heterocycles. The van der Waals surface area contributed by atoms with Crippen LogP contribution in [0, 0.1) is 0 Å². The van der Waals surface area contributed by atoms with Crippen LogP contribution in [0.3, 0.4) is 0 Å². The van der Waals surface area contributed by atoms with E-state index >= 15 is 0 Å². The maximum absolute atomic E-state index is 5.51. The fourth-order valence-electron chi connectivity index (χ4n) is 0.894. The molecule has 1 rings (SSSR count). The number of pyridine rings is 1. The Labute approximate surface area is 81.0 Å². The smallest absolute Gasteiger partial charge is 0.213 e. The summed E-state index contributed by atoms with van der Waals surface area (Å²) >= 11 is 0. The number of nitrogens with zero attached hydrogens (tertiary/aromatic N) is 1. The van der Waals surface area contributed by atoms with E-state index in [-0.39, 0.29) is 0 Å². The Balaban J connectivity index is 2.29. The van der Waals surface area contributed by atoms with Crippen LogP contribution >= 0.6 is 0 Å². The van der Waals surface area contributed by atoms with E-state index in [1.54, 1.807) is 6.20 Å². The summed E-state index contributed by atoms with van der Waals surface area (Å²) < 4.78 is 5.51. The van der Waals surface area contributed by atoms with Crippen molar-refractivity contribution in [2.75, 3.05) is 6.61 Å². The molecule has 3 heteroatoms. The molecule has 1 aromatic heterocycles. The second-order valence-electron chi connectivity index (χ2n) is 4.33. The van der Waals surface area contributed by atoms with Crippen molar-refractivity contribution in [2.24, 2.45) is 0 Å². The van der Waals surface area contributed by atoms with E-state index in [2.05, 4.69) is 24.6 Å². The number of ether oxygens (including phenoxy) is 1. The minimum atomic E-state index is -0.964. The quantitative estimate of drug-likeness (QED) is 0.689. The zero-order chi connectivity index (χ0) is 9.73. The maximum Gasteiger partial charge on any atom is 0.213 e. The van der Waals surface area contributed by atoms with E-state index in [4.69, 9.17) is 4.74 Å². The van der Waals surface area contributed by atoms with Crippen LogP contribution in [0.15, 0.2) is 24.4 Å². The lowest BCUT2D eigenvalue weighted by atomic mass is 10.5. The molecule has 0 aliphatic rings. The minimum absolute atomic E-state index is 0.737. The predicted octanol–water partition coefficient (Wildman–Crippen LogP) is 2.80. The summed E-state index contributed by atoms with van der Waals surface area (Å²) in [7, 11) is -0.964. The van der Waals surface area contributed by atoms with Crippen LogP contribution in [0.4, 0.5) is 0 Å². The second-order valence-corrected chi connectivity index (χ2v) is 9.95. The van der Waals surface area contributed by atoms with Crippen molar-refractivity contribution in [1.29, 1.82) is 0 Å². The first-order valence-electron chi connectivity index (χ1n) is 4.62. The lowest BCUT2D eigenvalue weighted by Gasteiger charge is -2.15. The van der Waals surface area contributed by atoms with Gasteiger partial charge in [0.2, 0.25) is 5.88 Å². The summed E-state index contributed by atoms with van der Waals surface area (Å²) in [5.41, 5.74) is 0. The summed E-state index contributed by atoms with van der Waals surface area (Å²) in [5.74, 6) is 0.737. The summed E-state index contributed by atoms with van der Waals surface area (Å²) in [4.78, 5) is 4.09. The second kappa shape index (κ2) is 4.42. The molecular formula is C10H17NOSi. The number of aromatic nitrogens is 1. The van der Waals surface area contributed by atoms with Crippen LogP contribution in [0.25, 0.3) is 0 Å². The standard InChI is InChI=1S/C10H17NOSi/c1-13(2,3)9-8-12-10-6-4-5-7-11-10/h4-7H,8-9H2,1-3H3. The van der Waals surface area contributed by atoms with Crippen molar-refractivity contribution in [3.8, 4) is 5.88 Å². The Kier molecular flexibility index (Phi) is 3.48. The topological polar surface area (TPSA) is 22.1 Å². The highest BCUT2D eigenvalue weighted by Crippen LogP contribution is 2.10. The van der Waals surface area contributed by atoms with E-state index in [9.17, 15) is 0 Å². The van der Waals surface area contributed by atoms with E-state index in [1.807, 2.05) is 18.2 Å². The Hall–Kier alpha value is -0.833. The van der Waals surface area contributed by atoms with Gasteiger partial charge in [-0.3, -0.25) is 0 Å². The molecule has 0 saturated heterocycles. The molecule has 0 spiro atoms. The molecule has 2 nitrogen and oxygen atoms in total. The van der Waals surface area contributed by atoms with Gasteiger partial charge in [0.15, 0.2) is 0 Å². The average Bonchev–Trinajstić information content (AvgIpc) is 2.04. The third kappa shape index (κ3) is 4.68. The lowest BCUT2D eigenvalue weighted by molar-refractivity contribution is 0.325. The summed E-state index contributed by atoms with van der Waals surface area (Å²) in [6.07, 6.45) is 1.75. The Morgan fingerprint density at radius 3 is 2.62 bits per heavy atom. The van der Waals surface area contributed by atoms with E-state index in [0.717, 1.165) is 12.5 Å². The van der Waals surface area contributed by atoms with E-state index < -0.39 is 8.07 Å². The minimum Gasteiger partial charge on any atom is -0.478 e. The van der Waals surface area contributed by atoms with Gasteiger partial charge in [-0.2, -0.15) is 0 Å². The van der Waals surface area contributed by atoms with Crippen LogP contribution < -0.4 is 4.74 Å². The normalized spacial score (nSPS) is 11.3. The highest BCUT2D eigenvalue weighted by atomic mass is 28.3. The first-order chi connectivity index (χ1) is 6.08. The van der Waals surface area contributed by atoms with Gasteiger partial charge >= 0.3 is 0 Å². The molecule has 1 aromatic rings. The largest absolute Gasteiger partial charge is 0.478 e. The highest BCUT2D eigenvalue weighted by molar-refractivity contribution is 6.76. The number of rotatable bonds is 4. The van der Waals surface area contributed by atoms with Gasteiger partial charge < -0.3 is 4.74 Å². The molecule has 0 unspecified atom stereocenters. The van der Waals surface area contributed by atoms with Crippen LogP contribution in [0.2, 0.25) is 25.7 Å². The monoisotopic (exact) mass is 195 g/mol. The molecule has 0 aliphatic carbocycles. The molecule has 0 N–H and O–H groups in total. The maximum atomic E-state index is 5.51. The molecule has 0 fully saturated rings. The molecule has 0 amide bonds. The van der Waals surface area contributed by atoms with Crippen molar-refractivity contribution in [3.63, 3.8) is 0 Å². The zero-order valence-electron chi connectivity index (χ0n) is 8.58. The Bertz CT molecular complexity index is 243. The summed E-state index contributed by atoms with van der Waals surface area (Å²) in [6.45, 7) is 7.82. The highest BCUT2D eigenvalue weighted by Gasteiger charge is 2.12. The third-order valence-electron chi connectivity index (χ3n) is 1.74. The Morgan fingerprint density at radius 1 is 1.31 bits per heavy atom. The van der Waals surface area contributed by atoms with Crippen LogP contribution in [0.1, 0.15) is 0 Å². The van der Waals surface area contributed by atoms with E-state index in [0.29, 0.717) is 0 Å². The molecular weight excluding hydrogens is 178 g/mol. The summed E-state index contributed by atoms with van der Waals surface area (Å²) in [5, 5.41) is 0. The third-order valence-corrected chi connectivity index (χ3v) is 3.44. The zero-order valence-corrected chi connectivity index (χ0v) is 9.58. The van der Waals surface area contributed by atoms with Crippen molar-refractivity contribution in [1.82, 2.24) is 4.98 Å². The van der Waals surface area contributed by atoms with Crippen LogP contribution in [-0.4, -0.2) is 19.7 Å². The molecule has 0 atom stereocenters. The van der Waals surface area contributed by atoms with Gasteiger partial charge in [-0.1, -0.05) is 25.7 Å². The SMILES string of the molecule is C[Si](C)(C)CCOc1ccccn1. The number of hydrogen-bond donors (Lipinski definition) is 0. The predicted molar refractivity (Wildman–Crippen MR) is 57.9 cm³/mol. The molecule has 13 heavy (non-hydrogen) atoms. The molecule has 0 aromatic carbocycles. The summed E-state index contributed by atoms with van der Waals surface area (Å²) in [6, 6.07) is 6.91. The lowest BCUT2D eigenvalue weighted by Crippen LogP contribution is -2.22. The van der Waals surface area contributed by atoms with Crippen molar-refractivity contribution in [2.45, 2.75) is 25.7 Å².